The van der Waals surface area contributed by atoms with Crippen LogP contribution in [0.5, 0.6) is 0 Å². The molecule has 3 rings (SSSR count). The van der Waals surface area contributed by atoms with E-state index < -0.39 is 10.9 Å². The molecule has 0 aromatic heterocycles. The summed E-state index contributed by atoms with van der Waals surface area (Å²) in [5.41, 5.74) is 0.406. The topological polar surface area (TPSA) is 87.7 Å². The third kappa shape index (κ3) is 3.65. The van der Waals surface area contributed by atoms with Gasteiger partial charge in [0.1, 0.15) is 11.4 Å². The van der Waals surface area contributed by atoms with Gasteiger partial charge in [-0.25, -0.2) is 4.79 Å². The number of amides is 1. The molecule has 0 aliphatic carbocycles. The number of hydrogen-bond donors (Lipinski definition) is 2. The van der Waals surface area contributed by atoms with E-state index in [0.29, 0.717) is 43.9 Å². The van der Waals surface area contributed by atoms with E-state index in [2.05, 4.69) is 10.6 Å². The van der Waals surface area contributed by atoms with Gasteiger partial charge in [0.2, 0.25) is 0 Å². The molecule has 1 aliphatic heterocycles. The van der Waals surface area contributed by atoms with Crippen LogP contribution < -0.4 is 21.5 Å². The van der Waals surface area contributed by atoms with Crippen molar-refractivity contribution in [1.29, 1.82) is 0 Å². The number of benzene rings is 1. The lowest BCUT2D eigenvalue weighted by molar-refractivity contribution is 0.0983. The van der Waals surface area contributed by atoms with Crippen LogP contribution in [0.25, 0.3) is 0 Å². The first kappa shape index (κ1) is 17.0. The lowest BCUT2D eigenvalue weighted by atomic mass is 10.0. The van der Waals surface area contributed by atoms with E-state index in [1.54, 1.807) is 11.8 Å². The van der Waals surface area contributed by atoms with E-state index >= 15 is 0 Å². The number of nitrogens with one attached hydrogen (secondary N) is 2. The van der Waals surface area contributed by atoms with Gasteiger partial charge in [0.15, 0.2) is 0 Å². The number of anilines is 3. The summed E-state index contributed by atoms with van der Waals surface area (Å²) in [6.45, 7) is 3.26. The first-order valence-corrected chi connectivity index (χ1v) is 8.43. The molecule has 1 fully saturated rings. The molecule has 0 spiro atoms. The van der Waals surface area contributed by atoms with Gasteiger partial charge in [0.25, 0.3) is 10.9 Å². The van der Waals surface area contributed by atoms with Crippen LogP contribution in [-0.4, -0.2) is 36.7 Å². The Morgan fingerprint density at radius 1 is 1.12 bits per heavy atom. The molecule has 0 radical (unpaired) electrons. The van der Waals surface area contributed by atoms with Crippen molar-refractivity contribution >= 4 is 23.2 Å². The Morgan fingerprint density at radius 3 is 2.40 bits per heavy atom. The highest BCUT2D eigenvalue weighted by molar-refractivity contribution is 5.78. The third-order valence-corrected chi connectivity index (χ3v) is 4.32. The predicted octanol–water partition coefficient (Wildman–Crippen LogP) is 2.06. The molecule has 2 aromatic carbocycles. The second-order valence-electron chi connectivity index (χ2n) is 6.00. The zero-order chi connectivity index (χ0) is 17.8. The molecule has 0 saturated carbocycles. The van der Waals surface area contributed by atoms with Crippen LogP contribution in [0.4, 0.5) is 21.9 Å². The van der Waals surface area contributed by atoms with Crippen LogP contribution in [0.3, 0.4) is 0 Å². The highest BCUT2D eigenvalue weighted by Crippen LogP contribution is 2.23. The number of hydrogen-bond acceptors (Lipinski definition) is 6. The predicted molar refractivity (Wildman–Crippen MR) is 96.3 cm³/mol. The van der Waals surface area contributed by atoms with Crippen molar-refractivity contribution < 1.29 is 9.53 Å². The number of ether oxygens (including phenoxy) is 1. The Hall–Kier alpha value is -2.83. The van der Waals surface area contributed by atoms with Gasteiger partial charge in [0, 0.05) is 24.8 Å². The van der Waals surface area contributed by atoms with Crippen molar-refractivity contribution in [1.82, 2.24) is 4.90 Å². The summed E-state index contributed by atoms with van der Waals surface area (Å²) < 4.78 is 4.99. The van der Waals surface area contributed by atoms with Crippen LogP contribution >= 0.6 is 0 Å². The fourth-order valence-corrected chi connectivity index (χ4v) is 2.94. The molecule has 2 N–H and O–H groups in total. The van der Waals surface area contributed by atoms with Gasteiger partial charge in [-0.1, -0.05) is 18.2 Å². The second-order valence-corrected chi connectivity index (χ2v) is 6.00. The number of likely N-dealkylation sites (tertiary alicyclic amines) is 1. The molecule has 1 saturated heterocycles. The quantitative estimate of drug-likeness (QED) is 0.808. The summed E-state index contributed by atoms with van der Waals surface area (Å²) in [5.74, 6) is 0. The van der Waals surface area contributed by atoms with E-state index in [-0.39, 0.29) is 12.1 Å². The summed E-state index contributed by atoms with van der Waals surface area (Å²) >= 11 is 0. The fourth-order valence-electron chi connectivity index (χ4n) is 2.94. The molecule has 1 aliphatic rings. The molecule has 0 atom stereocenters. The van der Waals surface area contributed by atoms with E-state index in [1.807, 2.05) is 30.3 Å². The normalized spacial score (nSPS) is 15.2. The lowest BCUT2D eigenvalue weighted by Crippen LogP contribution is -2.45. The smallest absolute Gasteiger partial charge is 0.409 e. The zero-order valence-electron chi connectivity index (χ0n) is 14.1. The molecule has 7 nitrogen and oxygen atoms in total. The summed E-state index contributed by atoms with van der Waals surface area (Å²) in [4.78, 5) is 37.1. The first-order chi connectivity index (χ1) is 12.1. The van der Waals surface area contributed by atoms with Crippen molar-refractivity contribution in [3.8, 4) is 0 Å². The monoisotopic (exact) mass is 343 g/mol. The summed E-state index contributed by atoms with van der Waals surface area (Å²) in [6, 6.07) is 9.30. The maximum atomic E-state index is 11.9. The van der Waals surface area contributed by atoms with E-state index in [1.165, 1.54) is 0 Å². The molecule has 7 heteroatoms. The SMILES string of the molecule is CCOC(=O)N1CCC(Nc2c(Nc3ccccc3)c(=O)c2=O)CC1. The van der Waals surface area contributed by atoms with Gasteiger partial charge in [-0.2, -0.15) is 0 Å². The van der Waals surface area contributed by atoms with Crippen LogP contribution in [0.2, 0.25) is 0 Å². The van der Waals surface area contributed by atoms with E-state index in [4.69, 9.17) is 4.74 Å². The molecule has 0 bridgehead atoms. The molecule has 2 aromatic rings. The molecule has 25 heavy (non-hydrogen) atoms. The number of carbonyl (C=O) groups is 1. The average Bonchev–Trinajstić information content (AvgIpc) is 2.65. The fraction of sp³-hybridized carbons (Fsp3) is 0.389. The second kappa shape index (κ2) is 7.38. The van der Waals surface area contributed by atoms with Crippen LogP contribution in [0.1, 0.15) is 19.8 Å². The average molecular weight is 343 g/mol. The largest absolute Gasteiger partial charge is 0.450 e. The Kier molecular flexibility index (Phi) is 5.02. The van der Waals surface area contributed by atoms with Gasteiger partial charge >= 0.3 is 6.09 Å². The third-order valence-electron chi connectivity index (χ3n) is 4.32. The summed E-state index contributed by atoms with van der Waals surface area (Å²) in [7, 11) is 0. The zero-order valence-corrected chi connectivity index (χ0v) is 14.1. The number of piperidine rings is 1. The van der Waals surface area contributed by atoms with Crippen LogP contribution in [0, 0.1) is 0 Å². The maximum Gasteiger partial charge on any atom is 0.409 e. The van der Waals surface area contributed by atoms with Gasteiger partial charge < -0.3 is 20.3 Å². The van der Waals surface area contributed by atoms with Gasteiger partial charge in [-0.15, -0.1) is 0 Å². The minimum Gasteiger partial charge on any atom is -0.450 e. The molecule has 1 amide bonds. The molecule has 132 valence electrons. The Balaban J connectivity index is 1.61. The van der Waals surface area contributed by atoms with Crippen LogP contribution in [-0.2, 0) is 4.74 Å². The minimum absolute atomic E-state index is 0.0466. The summed E-state index contributed by atoms with van der Waals surface area (Å²) in [5, 5.41) is 6.17. The van der Waals surface area contributed by atoms with Crippen molar-refractivity contribution in [3.63, 3.8) is 0 Å². The number of rotatable bonds is 5. The summed E-state index contributed by atoms with van der Waals surface area (Å²) in [6.07, 6.45) is 1.09. The van der Waals surface area contributed by atoms with Gasteiger partial charge in [-0.3, -0.25) is 9.59 Å². The first-order valence-electron chi connectivity index (χ1n) is 8.43. The molecular formula is C18H21N3O4. The lowest BCUT2D eigenvalue weighted by Gasteiger charge is -2.32. The number of carbonyl (C=O) groups excluding carboxylic acids is 1. The maximum absolute atomic E-state index is 11.9. The Morgan fingerprint density at radius 2 is 1.76 bits per heavy atom. The number of para-hydroxylation sites is 1. The molecule has 0 unspecified atom stereocenters. The van der Waals surface area contributed by atoms with Gasteiger partial charge in [0.05, 0.1) is 6.61 Å². The van der Waals surface area contributed by atoms with E-state index in [0.717, 1.165) is 5.69 Å². The highest BCUT2D eigenvalue weighted by atomic mass is 16.6. The highest BCUT2D eigenvalue weighted by Gasteiger charge is 2.27. The standard InChI is InChI=1S/C18H21N3O4/c1-2-25-18(24)21-10-8-13(9-11-21)20-15-14(16(22)17(15)23)19-12-6-4-3-5-7-12/h3-7,13,19-20H,2,8-11H2,1H3. The number of nitrogens with zero attached hydrogens (tertiary/aromatic N) is 1. The minimum atomic E-state index is -0.504. The van der Waals surface area contributed by atoms with Gasteiger partial charge in [-0.05, 0) is 31.9 Å². The van der Waals surface area contributed by atoms with Crippen molar-refractivity contribution in [2.45, 2.75) is 25.8 Å². The van der Waals surface area contributed by atoms with Crippen molar-refractivity contribution in [2.75, 3.05) is 30.3 Å². The Bertz CT molecular complexity index is 803. The Labute approximate surface area is 145 Å². The van der Waals surface area contributed by atoms with E-state index in [9.17, 15) is 14.4 Å². The molecule has 1 heterocycles. The van der Waals surface area contributed by atoms with Crippen LogP contribution in [0.15, 0.2) is 39.9 Å². The molecular weight excluding hydrogens is 322 g/mol. The van der Waals surface area contributed by atoms with Crippen molar-refractivity contribution in [2.24, 2.45) is 0 Å². The van der Waals surface area contributed by atoms with Crippen molar-refractivity contribution in [3.05, 3.63) is 50.8 Å².